The average molecular weight is 458 g/mol. The van der Waals surface area contributed by atoms with Crippen LogP contribution in [0.4, 0.5) is 5.69 Å². The largest absolute Gasteiger partial charge is 0.495 e. The Kier molecular flexibility index (Phi) is 7.32. The van der Waals surface area contributed by atoms with E-state index in [4.69, 9.17) is 9.15 Å². The monoisotopic (exact) mass is 457 g/mol. The average Bonchev–Trinajstić information content (AvgIpc) is 3.15. The summed E-state index contributed by atoms with van der Waals surface area (Å²) in [4.78, 5) is 17.3. The van der Waals surface area contributed by atoms with E-state index < -0.39 is 10.0 Å². The normalized spacial score (nSPS) is 11.5. The van der Waals surface area contributed by atoms with Gasteiger partial charge in [0.15, 0.2) is 0 Å². The van der Waals surface area contributed by atoms with Crippen molar-refractivity contribution in [2.45, 2.75) is 32.1 Å². The fourth-order valence-electron chi connectivity index (χ4n) is 3.30. The van der Waals surface area contributed by atoms with Crippen LogP contribution in [0.5, 0.6) is 5.75 Å². The van der Waals surface area contributed by atoms with Crippen LogP contribution in [0.2, 0.25) is 0 Å². The lowest BCUT2D eigenvalue weighted by Gasteiger charge is -2.19. The van der Waals surface area contributed by atoms with E-state index in [0.717, 1.165) is 5.56 Å². The summed E-state index contributed by atoms with van der Waals surface area (Å²) in [5.74, 6) is 0.981. The fourth-order valence-corrected chi connectivity index (χ4v) is 4.79. The molecule has 0 unspecified atom stereocenters. The van der Waals surface area contributed by atoms with Crippen LogP contribution in [-0.2, 0) is 21.2 Å². The standard InChI is InChI=1S/C23H27N3O5S/c1-5-26(6-2)32(28,29)18-12-13-21(30-4)20(14-18)24-22(27)15-19-16(3)31-23(25-19)17-10-8-7-9-11-17/h7-14H,5-6,15H2,1-4H3,(H,24,27). The highest BCUT2D eigenvalue weighted by atomic mass is 32.2. The van der Waals surface area contributed by atoms with Crippen LogP contribution in [0.25, 0.3) is 11.5 Å². The molecule has 8 nitrogen and oxygen atoms in total. The maximum atomic E-state index is 12.9. The zero-order valence-electron chi connectivity index (χ0n) is 18.6. The zero-order valence-corrected chi connectivity index (χ0v) is 19.4. The minimum atomic E-state index is -3.68. The van der Waals surface area contributed by atoms with E-state index in [9.17, 15) is 13.2 Å². The van der Waals surface area contributed by atoms with Gasteiger partial charge in [-0.15, -0.1) is 0 Å². The Labute approximate surface area is 188 Å². The molecule has 0 spiro atoms. The van der Waals surface area contributed by atoms with Crippen molar-refractivity contribution in [3.05, 3.63) is 60.0 Å². The van der Waals surface area contributed by atoms with E-state index in [1.807, 2.05) is 30.3 Å². The van der Waals surface area contributed by atoms with Gasteiger partial charge in [-0.1, -0.05) is 32.0 Å². The number of carbonyl (C=O) groups is 1. The molecule has 9 heteroatoms. The molecule has 0 aliphatic carbocycles. The van der Waals surface area contributed by atoms with Gasteiger partial charge >= 0.3 is 0 Å². The number of rotatable bonds is 9. The number of aromatic nitrogens is 1. The third kappa shape index (κ3) is 5.00. The van der Waals surface area contributed by atoms with Crippen molar-refractivity contribution in [3.8, 4) is 17.2 Å². The van der Waals surface area contributed by atoms with E-state index in [0.29, 0.717) is 36.2 Å². The van der Waals surface area contributed by atoms with Crippen molar-refractivity contribution >= 4 is 21.6 Å². The Bertz CT molecular complexity index is 1190. The number of ether oxygens (including phenoxy) is 1. The Morgan fingerprint density at radius 2 is 1.81 bits per heavy atom. The predicted molar refractivity (Wildman–Crippen MR) is 122 cm³/mol. The van der Waals surface area contributed by atoms with Crippen molar-refractivity contribution in [2.75, 3.05) is 25.5 Å². The molecular weight excluding hydrogens is 430 g/mol. The van der Waals surface area contributed by atoms with Gasteiger partial charge in [0.05, 0.1) is 29.8 Å². The zero-order chi connectivity index (χ0) is 23.3. The van der Waals surface area contributed by atoms with Crippen LogP contribution in [-0.4, -0.2) is 43.8 Å². The molecule has 0 saturated heterocycles. The molecular formula is C23H27N3O5S. The summed E-state index contributed by atoms with van der Waals surface area (Å²) in [5, 5.41) is 2.75. The molecule has 0 bridgehead atoms. The second-order valence-corrected chi connectivity index (χ2v) is 9.00. The lowest BCUT2D eigenvalue weighted by molar-refractivity contribution is -0.115. The minimum absolute atomic E-state index is 0.0294. The van der Waals surface area contributed by atoms with E-state index in [-0.39, 0.29) is 22.9 Å². The van der Waals surface area contributed by atoms with Crippen molar-refractivity contribution in [3.63, 3.8) is 0 Å². The van der Waals surface area contributed by atoms with Gasteiger partial charge in [0.25, 0.3) is 0 Å². The fraction of sp³-hybridized carbons (Fsp3) is 0.304. The van der Waals surface area contributed by atoms with Crippen LogP contribution in [0, 0.1) is 6.92 Å². The molecule has 170 valence electrons. The van der Waals surface area contributed by atoms with E-state index in [2.05, 4.69) is 10.3 Å². The lowest BCUT2D eigenvalue weighted by Crippen LogP contribution is -2.30. The summed E-state index contributed by atoms with van der Waals surface area (Å²) in [7, 11) is -2.22. The molecule has 0 aliphatic rings. The van der Waals surface area contributed by atoms with Crippen molar-refractivity contribution in [2.24, 2.45) is 0 Å². The first kappa shape index (κ1) is 23.5. The van der Waals surface area contributed by atoms with Crippen LogP contribution in [0.1, 0.15) is 25.3 Å². The van der Waals surface area contributed by atoms with Gasteiger partial charge in [0.1, 0.15) is 11.5 Å². The number of hydrogen-bond donors (Lipinski definition) is 1. The van der Waals surface area contributed by atoms with E-state index in [1.165, 1.54) is 29.6 Å². The first-order valence-electron chi connectivity index (χ1n) is 10.3. The molecule has 0 radical (unpaired) electrons. The van der Waals surface area contributed by atoms with Gasteiger partial charge in [-0.05, 0) is 37.3 Å². The molecule has 1 aromatic heterocycles. The highest BCUT2D eigenvalue weighted by Crippen LogP contribution is 2.29. The Morgan fingerprint density at radius 3 is 2.44 bits per heavy atom. The second kappa shape index (κ2) is 9.97. The van der Waals surface area contributed by atoms with Crippen molar-refractivity contribution in [1.82, 2.24) is 9.29 Å². The quantitative estimate of drug-likeness (QED) is 0.523. The Balaban J connectivity index is 1.83. The number of benzene rings is 2. The summed E-state index contributed by atoms with van der Waals surface area (Å²) < 4.78 is 38.1. The molecule has 0 fully saturated rings. The number of hydrogen-bond acceptors (Lipinski definition) is 6. The number of amides is 1. The molecule has 0 aliphatic heterocycles. The van der Waals surface area contributed by atoms with Gasteiger partial charge in [-0.3, -0.25) is 4.79 Å². The number of nitrogens with one attached hydrogen (secondary N) is 1. The second-order valence-electron chi connectivity index (χ2n) is 7.06. The van der Waals surface area contributed by atoms with Gasteiger partial charge < -0.3 is 14.5 Å². The third-order valence-corrected chi connectivity index (χ3v) is 7.08. The summed E-state index contributed by atoms with van der Waals surface area (Å²) in [5.41, 5.74) is 1.60. The molecule has 3 rings (SSSR count). The molecule has 0 atom stereocenters. The van der Waals surface area contributed by atoms with Crippen molar-refractivity contribution in [1.29, 1.82) is 0 Å². The maximum Gasteiger partial charge on any atom is 0.243 e. The highest BCUT2D eigenvalue weighted by molar-refractivity contribution is 7.89. The van der Waals surface area contributed by atoms with Crippen LogP contribution < -0.4 is 10.1 Å². The summed E-state index contributed by atoms with van der Waals surface area (Å²) in [6.45, 7) is 6.00. The lowest BCUT2D eigenvalue weighted by atomic mass is 10.2. The van der Waals surface area contributed by atoms with Gasteiger partial charge in [-0.2, -0.15) is 4.31 Å². The van der Waals surface area contributed by atoms with Gasteiger partial charge in [0.2, 0.25) is 21.8 Å². The number of oxazole rings is 1. The topological polar surface area (TPSA) is 102 Å². The smallest absolute Gasteiger partial charge is 0.243 e. The third-order valence-electron chi connectivity index (χ3n) is 5.03. The molecule has 2 aromatic carbocycles. The minimum Gasteiger partial charge on any atom is -0.495 e. The van der Waals surface area contributed by atoms with Crippen LogP contribution >= 0.6 is 0 Å². The number of sulfonamides is 1. The molecule has 0 saturated carbocycles. The molecule has 3 aromatic rings. The van der Waals surface area contributed by atoms with Crippen LogP contribution in [0.15, 0.2) is 57.8 Å². The first-order valence-corrected chi connectivity index (χ1v) is 11.7. The maximum absolute atomic E-state index is 12.9. The van der Waals surface area contributed by atoms with Crippen LogP contribution in [0.3, 0.4) is 0 Å². The number of aryl methyl sites for hydroxylation is 1. The molecule has 1 amide bonds. The van der Waals surface area contributed by atoms with E-state index in [1.54, 1.807) is 20.8 Å². The Morgan fingerprint density at radius 1 is 1.12 bits per heavy atom. The summed E-state index contributed by atoms with van der Waals surface area (Å²) in [6.07, 6.45) is -0.0294. The number of anilines is 1. The predicted octanol–water partition coefficient (Wildman–Crippen LogP) is 3.87. The first-order chi connectivity index (χ1) is 15.3. The number of methoxy groups -OCH3 is 1. The molecule has 32 heavy (non-hydrogen) atoms. The highest BCUT2D eigenvalue weighted by Gasteiger charge is 2.23. The SMILES string of the molecule is CCN(CC)S(=O)(=O)c1ccc(OC)c(NC(=O)Cc2nc(-c3ccccc3)oc2C)c1. The van der Waals surface area contributed by atoms with Gasteiger partial charge in [0, 0.05) is 18.7 Å². The number of carbonyl (C=O) groups excluding carboxylic acids is 1. The summed E-state index contributed by atoms with van der Waals surface area (Å²) >= 11 is 0. The molecule has 1 heterocycles. The van der Waals surface area contributed by atoms with E-state index >= 15 is 0 Å². The van der Waals surface area contributed by atoms with Crippen molar-refractivity contribution < 1.29 is 22.4 Å². The Hall–Kier alpha value is -3.17. The van der Waals surface area contributed by atoms with Gasteiger partial charge in [-0.25, -0.2) is 13.4 Å². The molecule has 1 N–H and O–H groups in total. The summed E-state index contributed by atoms with van der Waals surface area (Å²) in [6, 6.07) is 13.8. The number of nitrogens with zero attached hydrogens (tertiary/aromatic N) is 2.